The lowest BCUT2D eigenvalue weighted by atomic mass is 9.48. The maximum atomic E-state index is 13.0. The fourth-order valence-electron chi connectivity index (χ4n) is 6.78. The van der Waals surface area contributed by atoms with E-state index in [0.29, 0.717) is 19.3 Å². The van der Waals surface area contributed by atoms with Crippen LogP contribution in [-0.2, 0) is 4.79 Å². The molecule has 2 nitrogen and oxygen atoms in total. The molecule has 4 bridgehead atoms. The number of halogens is 4. The van der Waals surface area contributed by atoms with Gasteiger partial charge in [0.1, 0.15) is 0 Å². The molecule has 0 unspecified atom stereocenters. The number of amides is 1. The Morgan fingerprint density at radius 3 is 2.36 bits per heavy atom. The predicted molar refractivity (Wildman–Crippen MR) is 93.3 cm³/mol. The van der Waals surface area contributed by atoms with Crippen LogP contribution in [0.5, 0.6) is 0 Å². The quantitative estimate of drug-likeness (QED) is 0.611. The first-order valence-electron chi connectivity index (χ1n) is 9.70. The molecule has 0 radical (unpaired) electrons. The van der Waals surface area contributed by atoms with Crippen molar-refractivity contribution >= 4 is 21.8 Å². The summed E-state index contributed by atoms with van der Waals surface area (Å²) in [6.07, 6.45) is 4.90. The van der Waals surface area contributed by atoms with E-state index < -0.39 is 12.1 Å². The summed E-state index contributed by atoms with van der Waals surface area (Å²) in [4.78, 5) is 12.6. The van der Waals surface area contributed by atoms with Crippen molar-refractivity contribution in [2.75, 3.05) is 0 Å². The van der Waals surface area contributed by atoms with Gasteiger partial charge in [-0.2, -0.15) is 13.2 Å². The second kappa shape index (κ2) is 6.13. The molecule has 0 aromatic rings. The molecule has 5 aliphatic rings. The van der Waals surface area contributed by atoms with E-state index >= 15 is 0 Å². The van der Waals surface area contributed by atoms with Gasteiger partial charge in [0.15, 0.2) is 0 Å². The number of carbonyl (C=O) groups is 1. The lowest BCUT2D eigenvalue weighted by Gasteiger charge is -2.60. The molecule has 1 amide bonds. The summed E-state index contributed by atoms with van der Waals surface area (Å²) in [5.74, 6) is 0.165. The molecule has 0 aromatic heterocycles. The standard InChI is InChI=1S/C19H27BrF3NO/c20-18-8-12-4-13(9-18)7-17(6-12,11-18)10-16(25)24-15-3-1-2-14(5-15)19(21,22)23/h12-15H,1-11H2,(H,24,25)/t12-,13-,14+,15+,17?,18?/m1/s1. The van der Waals surface area contributed by atoms with Crippen molar-refractivity contribution < 1.29 is 18.0 Å². The van der Waals surface area contributed by atoms with E-state index in [1.165, 1.54) is 19.3 Å². The van der Waals surface area contributed by atoms with Gasteiger partial charge < -0.3 is 5.32 Å². The Kier molecular flexibility index (Phi) is 4.45. The average molecular weight is 422 g/mol. The van der Waals surface area contributed by atoms with Crippen LogP contribution >= 0.6 is 15.9 Å². The van der Waals surface area contributed by atoms with Crippen molar-refractivity contribution in [1.82, 2.24) is 5.32 Å². The van der Waals surface area contributed by atoms with Crippen LogP contribution in [-0.4, -0.2) is 22.4 Å². The van der Waals surface area contributed by atoms with Crippen LogP contribution in [0.15, 0.2) is 0 Å². The summed E-state index contributed by atoms with van der Waals surface area (Å²) in [6, 6.07) is -0.306. The van der Waals surface area contributed by atoms with E-state index in [1.807, 2.05) is 0 Å². The molecule has 0 aliphatic heterocycles. The van der Waals surface area contributed by atoms with Gasteiger partial charge in [-0.3, -0.25) is 4.79 Å². The largest absolute Gasteiger partial charge is 0.391 e. The van der Waals surface area contributed by atoms with E-state index in [0.717, 1.165) is 31.1 Å². The summed E-state index contributed by atoms with van der Waals surface area (Å²) in [7, 11) is 0. The topological polar surface area (TPSA) is 29.1 Å². The number of hydrogen-bond donors (Lipinski definition) is 1. The Morgan fingerprint density at radius 1 is 1.08 bits per heavy atom. The lowest BCUT2D eigenvalue weighted by Crippen LogP contribution is -2.54. The fraction of sp³-hybridized carbons (Fsp3) is 0.947. The number of nitrogens with one attached hydrogen (secondary N) is 1. The van der Waals surface area contributed by atoms with E-state index in [2.05, 4.69) is 21.2 Å². The molecule has 0 spiro atoms. The Balaban J connectivity index is 1.36. The van der Waals surface area contributed by atoms with Gasteiger partial charge in [0.05, 0.1) is 5.92 Å². The highest BCUT2D eigenvalue weighted by molar-refractivity contribution is 9.10. The minimum atomic E-state index is -4.13. The molecule has 6 heteroatoms. The zero-order chi connectivity index (χ0) is 17.9. The highest BCUT2D eigenvalue weighted by atomic mass is 79.9. The molecule has 5 rings (SSSR count). The maximum absolute atomic E-state index is 13.0. The minimum absolute atomic E-state index is 0.0223. The van der Waals surface area contributed by atoms with E-state index in [1.54, 1.807) is 0 Å². The molecular weight excluding hydrogens is 395 g/mol. The first-order chi connectivity index (χ1) is 11.6. The summed E-state index contributed by atoms with van der Waals surface area (Å²) in [6.45, 7) is 0. The minimum Gasteiger partial charge on any atom is -0.353 e. The Labute approximate surface area is 155 Å². The van der Waals surface area contributed by atoms with Gasteiger partial charge in [-0.05, 0) is 75.0 Å². The van der Waals surface area contributed by atoms with E-state index in [9.17, 15) is 18.0 Å². The van der Waals surface area contributed by atoms with Crippen molar-refractivity contribution in [2.45, 2.75) is 87.2 Å². The van der Waals surface area contributed by atoms with Crippen LogP contribution in [0.3, 0.4) is 0 Å². The molecule has 5 fully saturated rings. The van der Waals surface area contributed by atoms with Gasteiger partial charge in [0.25, 0.3) is 0 Å². The predicted octanol–water partition coefficient (Wildman–Crippen LogP) is 5.35. The first kappa shape index (κ1) is 18.1. The molecule has 5 saturated carbocycles. The Bertz CT molecular complexity index is 535. The van der Waals surface area contributed by atoms with Crippen LogP contribution in [0.25, 0.3) is 0 Å². The normalized spacial score (nSPS) is 46.2. The number of alkyl halides is 4. The molecule has 4 atom stereocenters. The summed E-state index contributed by atoms with van der Waals surface area (Å²) >= 11 is 3.95. The molecule has 1 N–H and O–H groups in total. The average Bonchev–Trinajstić information content (AvgIpc) is 2.42. The monoisotopic (exact) mass is 421 g/mol. The van der Waals surface area contributed by atoms with E-state index in [-0.39, 0.29) is 34.5 Å². The third-order valence-corrected chi connectivity index (χ3v) is 8.08. The summed E-state index contributed by atoms with van der Waals surface area (Å²) < 4.78 is 39.1. The maximum Gasteiger partial charge on any atom is 0.391 e. The SMILES string of the molecule is O=C(CC12C[C@H]3C[C@@H](CC(Br)(C3)C1)C2)N[C@H]1CCC[C@H](C(F)(F)F)C1. The first-order valence-corrected chi connectivity index (χ1v) is 10.5. The smallest absolute Gasteiger partial charge is 0.353 e. The summed E-state index contributed by atoms with van der Waals surface area (Å²) in [5, 5.41) is 2.95. The third kappa shape index (κ3) is 3.74. The van der Waals surface area contributed by atoms with Crippen molar-refractivity contribution in [3.63, 3.8) is 0 Å². The number of hydrogen-bond acceptors (Lipinski definition) is 1. The van der Waals surface area contributed by atoms with Crippen LogP contribution < -0.4 is 5.32 Å². The van der Waals surface area contributed by atoms with Crippen molar-refractivity contribution in [3.05, 3.63) is 0 Å². The van der Waals surface area contributed by atoms with Crippen molar-refractivity contribution in [1.29, 1.82) is 0 Å². The van der Waals surface area contributed by atoms with Gasteiger partial charge >= 0.3 is 6.18 Å². The van der Waals surface area contributed by atoms with Gasteiger partial charge in [-0.25, -0.2) is 0 Å². The molecule has 5 aliphatic carbocycles. The molecular formula is C19H27BrF3NO. The van der Waals surface area contributed by atoms with Crippen LogP contribution in [0.1, 0.15) is 70.6 Å². The lowest BCUT2D eigenvalue weighted by molar-refractivity contribution is -0.184. The highest BCUT2D eigenvalue weighted by Crippen LogP contribution is 2.65. The van der Waals surface area contributed by atoms with Crippen molar-refractivity contribution in [2.24, 2.45) is 23.2 Å². The molecule has 142 valence electrons. The third-order valence-electron chi connectivity index (χ3n) is 7.15. The number of carbonyl (C=O) groups excluding carboxylic acids is 1. The molecule has 0 saturated heterocycles. The summed E-state index contributed by atoms with van der Waals surface area (Å²) in [5.41, 5.74) is 0.0791. The van der Waals surface area contributed by atoms with Gasteiger partial charge in [0.2, 0.25) is 5.91 Å². The molecule has 0 heterocycles. The zero-order valence-corrected chi connectivity index (χ0v) is 16.1. The fourth-order valence-corrected chi connectivity index (χ4v) is 8.29. The number of rotatable bonds is 3. The van der Waals surface area contributed by atoms with Gasteiger partial charge in [0, 0.05) is 16.8 Å². The van der Waals surface area contributed by atoms with E-state index in [4.69, 9.17) is 0 Å². The molecule has 0 aromatic carbocycles. The van der Waals surface area contributed by atoms with Crippen LogP contribution in [0.2, 0.25) is 0 Å². The second-order valence-corrected chi connectivity index (χ2v) is 11.1. The molecule has 25 heavy (non-hydrogen) atoms. The highest BCUT2D eigenvalue weighted by Gasteiger charge is 2.57. The van der Waals surface area contributed by atoms with Gasteiger partial charge in [-0.1, -0.05) is 22.4 Å². The Hall–Kier alpha value is -0.260. The van der Waals surface area contributed by atoms with Gasteiger partial charge in [-0.15, -0.1) is 0 Å². The Morgan fingerprint density at radius 2 is 1.76 bits per heavy atom. The van der Waals surface area contributed by atoms with Crippen molar-refractivity contribution in [3.8, 4) is 0 Å². The zero-order valence-electron chi connectivity index (χ0n) is 14.5. The van der Waals surface area contributed by atoms with Crippen LogP contribution in [0, 0.1) is 23.2 Å². The second-order valence-electron chi connectivity index (χ2n) is 9.46. The van der Waals surface area contributed by atoms with Crippen LogP contribution in [0.4, 0.5) is 13.2 Å².